The Labute approximate surface area is 126 Å². The Morgan fingerprint density at radius 1 is 1.05 bits per heavy atom. The van der Waals surface area contributed by atoms with E-state index in [-0.39, 0.29) is 5.38 Å². The minimum atomic E-state index is 0.109. The molecule has 110 valence electrons. The Kier molecular flexibility index (Phi) is 4.11. The van der Waals surface area contributed by atoms with Crippen LogP contribution in [0.3, 0.4) is 0 Å². The minimum Gasteiger partial charge on any atom is -0.490 e. The highest BCUT2D eigenvalue weighted by Gasteiger charge is 2.47. The molecular formula is C17H23ClO2. The van der Waals surface area contributed by atoms with Gasteiger partial charge in [0.15, 0.2) is 11.5 Å². The van der Waals surface area contributed by atoms with Crippen LogP contribution in [0.5, 0.6) is 11.5 Å². The van der Waals surface area contributed by atoms with E-state index < -0.39 is 0 Å². The van der Waals surface area contributed by atoms with E-state index in [9.17, 15) is 0 Å². The van der Waals surface area contributed by atoms with Crippen molar-refractivity contribution in [1.29, 1.82) is 0 Å². The summed E-state index contributed by atoms with van der Waals surface area (Å²) in [5.74, 6) is 4.20. The molecule has 0 radical (unpaired) electrons. The van der Waals surface area contributed by atoms with E-state index >= 15 is 0 Å². The lowest BCUT2D eigenvalue weighted by atomic mass is 9.94. The Bertz CT molecular complexity index is 464. The lowest BCUT2D eigenvalue weighted by Crippen LogP contribution is -2.07. The second kappa shape index (κ2) is 5.85. The molecule has 3 atom stereocenters. The van der Waals surface area contributed by atoms with Gasteiger partial charge in [-0.05, 0) is 68.6 Å². The third-order valence-corrected chi connectivity index (χ3v) is 5.19. The Hall–Kier alpha value is -0.890. The number of hydrogen-bond donors (Lipinski definition) is 0. The first-order valence-electron chi connectivity index (χ1n) is 7.76. The molecule has 0 aliphatic heterocycles. The lowest BCUT2D eigenvalue weighted by Gasteiger charge is -2.20. The second-order valence-electron chi connectivity index (χ2n) is 5.96. The second-order valence-corrected chi connectivity index (χ2v) is 6.43. The average molecular weight is 295 g/mol. The quantitative estimate of drug-likeness (QED) is 0.701. The molecule has 2 saturated carbocycles. The molecule has 0 spiro atoms. The number of alkyl halides is 1. The first-order valence-corrected chi connectivity index (χ1v) is 8.20. The molecule has 0 bridgehead atoms. The summed E-state index contributed by atoms with van der Waals surface area (Å²) >= 11 is 6.70. The van der Waals surface area contributed by atoms with E-state index in [0.29, 0.717) is 19.1 Å². The average Bonchev–Trinajstić information content (AvgIpc) is 3.07. The first-order chi connectivity index (χ1) is 9.72. The molecular weight excluding hydrogens is 272 g/mol. The van der Waals surface area contributed by atoms with Crippen molar-refractivity contribution in [3.63, 3.8) is 0 Å². The standard InChI is InChI=1S/C17H23ClO2/c1-3-19-15-6-5-11(10-16(15)20-4-2)17(18)14-8-12-7-13(12)9-14/h5-6,10,12-14,17H,3-4,7-9H2,1-2H3. The number of ether oxygens (including phenoxy) is 2. The van der Waals surface area contributed by atoms with Crippen molar-refractivity contribution in [1.82, 2.24) is 0 Å². The molecule has 0 aromatic heterocycles. The minimum absolute atomic E-state index is 0.109. The topological polar surface area (TPSA) is 18.5 Å². The fourth-order valence-corrected chi connectivity index (χ4v) is 3.85. The molecule has 2 aliphatic carbocycles. The van der Waals surface area contributed by atoms with E-state index in [2.05, 4.69) is 12.1 Å². The van der Waals surface area contributed by atoms with Crippen molar-refractivity contribution in [2.24, 2.45) is 17.8 Å². The molecule has 3 unspecified atom stereocenters. The third kappa shape index (κ3) is 2.76. The van der Waals surface area contributed by atoms with Crippen LogP contribution in [-0.4, -0.2) is 13.2 Å². The van der Waals surface area contributed by atoms with Gasteiger partial charge in [0.2, 0.25) is 0 Å². The van der Waals surface area contributed by atoms with Gasteiger partial charge in [0.25, 0.3) is 0 Å². The Balaban J connectivity index is 1.76. The van der Waals surface area contributed by atoms with Crippen LogP contribution in [-0.2, 0) is 0 Å². The van der Waals surface area contributed by atoms with Gasteiger partial charge in [-0.3, -0.25) is 0 Å². The summed E-state index contributed by atoms with van der Waals surface area (Å²) < 4.78 is 11.3. The largest absolute Gasteiger partial charge is 0.490 e. The van der Waals surface area contributed by atoms with Crippen LogP contribution in [0.4, 0.5) is 0 Å². The first kappa shape index (κ1) is 14.1. The van der Waals surface area contributed by atoms with Crippen LogP contribution in [0, 0.1) is 17.8 Å². The molecule has 2 aliphatic rings. The van der Waals surface area contributed by atoms with Crippen molar-refractivity contribution in [2.75, 3.05) is 13.2 Å². The van der Waals surface area contributed by atoms with Crippen molar-refractivity contribution in [3.8, 4) is 11.5 Å². The highest BCUT2D eigenvalue weighted by atomic mass is 35.5. The number of halogens is 1. The van der Waals surface area contributed by atoms with E-state index in [0.717, 1.165) is 23.3 Å². The van der Waals surface area contributed by atoms with Crippen LogP contribution in [0.2, 0.25) is 0 Å². The van der Waals surface area contributed by atoms with Gasteiger partial charge in [-0.15, -0.1) is 11.6 Å². The van der Waals surface area contributed by atoms with Gasteiger partial charge in [0.05, 0.1) is 18.6 Å². The Morgan fingerprint density at radius 2 is 1.70 bits per heavy atom. The van der Waals surface area contributed by atoms with Crippen LogP contribution in [0.25, 0.3) is 0 Å². The van der Waals surface area contributed by atoms with Crippen molar-refractivity contribution < 1.29 is 9.47 Å². The molecule has 0 heterocycles. The molecule has 0 N–H and O–H groups in total. The summed E-state index contributed by atoms with van der Waals surface area (Å²) in [6.45, 7) is 5.27. The number of rotatable bonds is 6. The summed E-state index contributed by atoms with van der Waals surface area (Å²) in [5, 5.41) is 0.109. The van der Waals surface area contributed by atoms with Crippen LogP contribution < -0.4 is 9.47 Å². The highest BCUT2D eigenvalue weighted by molar-refractivity contribution is 6.21. The van der Waals surface area contributed by atoms with E-state index in [1.165, 1.54) is 24.8 Å². The summed E-state index contributed by atoms with van der Waals surface area (Å²) in [4.78, 5) is 0. The fraction of sp³-hybridized carbons (Fsp3) is 0.647. The zero-order valence-electron chi connectivity index (χ0n) is 12.3. The van der Waals surface area contributed by atoms with E-state index in [4.69, 9.17) is 21.1 Å². The lowest BCUT2D eigenvalue weighted by molar-refractivity contribution is 0.287. The zero-order chi connectivity index (χ0) is 14.1. The monoisotopic (exact) mass is 294 g/mol. The molecule has 0 amide bonds. The Morgan fingerprint density at radius 3 is 2.35 bits per heavy atom. The third-order valence-electron chi connectivity index (χ3n) is 4.58. The van der Waals surface area contributed by atoms with E-state index in [1.54, 1.807) is 0 Å². The summed E-state index contributed by atoms with van der Waals surface area (Å²) in [6.07, 6.45) is 4.04. The number of fused-ring (bicyclic) bond motifs is 1. The molecule has 1 aromatic rings. The van der Waals surface area contributed by atoms with E-state index in [1.807, 2.05) is 19.9 Å². The predicted octanol–water partition coefficient (Wildman–Crippen LogP) is 4.81. The van der Waals surface area contributed by atoms with Crippen molar-refractivity contribution in [3.05, 3.63) is 23.8 Å². The van der Waals surface area contributed by atoms with Gasteiger partial charge >= 0.3 is 0 Å². The molecule has 3 heteroatoms. The molecule has 3 rings (SSSR count). The maximum Gasteiger partial charge on any atom is 0.161 e. The van der Waals surface area contributed by atoms with Gasteiger partial charge in [-0.1, -0.05) is 6.07 Å². The molecule has 2 nitrogen and oxygen atoms in total. The number of hydrogen-bond acceptors (Lipinski definition) is 2. The van der Waals surface area contributed by atoms with Crippen LogP contribution in [0.15, 0.2) is 18.2 Å². The molecule has 20 heavy (non-hydrogen) atoms. The highest BCUT2D eigenvalue weighted by Crippen LogP contribution is 2.58. The summed E-state index contributed by atoms with van der Waals surface area (Å²) in [5.41, 5.74) is 1.17. The maximum absolute atomic E-state index is 6.70. The van der Waals surface area contributed by atoms with Gasteiger partial charge < -0.3 is 9.47 Å². The molecule has 1 aromatic carbocycles. The molecule has 2 fully saturated rings. The SMILES string of the molecule is CCOc1ccc(C(Cl)C2CC3CC3C2)cc1OCC. The fourth-order valence-electron chi connectivity index (χ4n) is 3.51. The van der Waals surface area contributed by atoms with Gasteiger partial charge in [0.1, 0.15) is 0 Å². The van der Waals surface area contributed by atoms with Crippen molar-refractivity contribution >= 4 is 11.6 Å². The van der Waals surface area contributed by atoms with Gasteiger partial charge in [0, 0.05) is 0 Å². The van der Waals surface area contributed by atoms with Crippen LogP contribution >= 0.6 is 11.6 Å². The normalized spacial score (nSPS) is 28.9. The number of benzene rings is 1. The zero-order valence-corrected chi connectivity index (χ0v) is 13.0. The maximum atomic E-state index is 6.70. The molecule has 0 saturated heterocycles. The van der Waals surface area contributed by atoms with Crippen molar-refractivity contribution in [2.45, 2.75) is 38.5 Å². The smallest absolute Gasteiger partial charge is 0.161 e. The van der Waals surface area contributed by atoms with Gasteiger partial charge in [-0.2, -0.15) is 0 Å². The summed E-state index contributed by atoms with van der Waals surface area (Å²) in [6, 6.07) is 6.15. The summed E-state index contributed by atoms with van der Waals surface area (Å²) in [7, 11) is 0. The predicted molar refractivity (Wildman–Crippen MR) is 81.7 cm³/mol. The van der Waals surface area contributed by atoms with Crippen LogP contribution in [0.1, 0.15) is 44.1 Å². The van der Waals surface area contributed by atoms with Gasteiger partial charge in [-0.25, -0.2) is 0 Å².